The third-order valence-electron chi connectivity index (χ3n) is 3.18. The first-order chi connectivity index (χ1) is 9.69. The van der Waals surface area contributed by atoms with Gasteiger partial charge in [-0.05, 0) is 50.3 Å². The van der Waals surface area contributed by atoms with Gasteiger partial charge in [-0.1, -0.05) is 13.8 Å². The standard InChI is InChI=1S/C15H25N3O2/c1-4-18(5-2)12-6-11-16-15(19)17-13-7-9-14(20-3)10-8-13/h7-10H,4-6,11-12H2,1-3H3,(H2,16,17,19). The van der Waals surface area contributed by atoms with Crippen LogP contribution in [0.15, 0.2) is 24.3 Å². The molecule has 1 aromatic rings. The molecule has 1 rings (SSSR count). The maximum absolute atomic E-state index is 11.7. The van der Waals surface area contributed by atoms with Gasteiger partial charge in [0.2, 0.25) is 0 Å². The van der Waals surface area contributed by atoms with Crippen LogP contribution in [0, 0.1) is 0 Å². The molecule has 20 heavy (non-hydrogen) atoms. The van der Waals surface area contributed by atoms with E-state index in [-0.39, 0.29) is 6.03 Å². The molecule has 0 fully saturated rings. The van der Waals surface area contributed by atoms with Crippen LogP contribution < -0.4 is 15.4 Å². The lowest BCUT2D eigenvalue weighted by Gasteiger charge is -2.17. The number of benzene rings is 1. The zero-order chi connectivity index (χ0) is 14.8. The molecule has 1 aromatic carbocycles. The number of amides is 2. The number of urea groups is 1. The van der Waals surface area contributed by atoms with E-state index in [0.29, 0.717) is 6.54 Å². The molecule has 5 heteroatoms. The van der Waals surface area contributed by atoms with E-state index in [0.717, 1.165) is 37.5 Å². The Kier molecular flexibility index (Phi) is 7.50. The summed E-state index contributed by atoms with van der Waals surface area (Å²) in [7, 11) is 1.62. The molecule has 2 N–H and O–H groups in total. The van der Waals surface area contributed by atoms with Crippen LogP contribution in [-0.2, 0) is 0 Å². The number of rotatable bonds is 8. The maximum atomic E-state index is 11.7. The Morgan fingerprint density at radius 2 is 1.85 bits per heavy atom. The Labute approximate surface area is 121 Å². The highest BCUT2D eigenvalue weighted by atomic mass is 16.5. The average molecular weight is 279 g/mol. The lowest BCUT2D eigenvalue weighted by Crippen LogP contribution is -2.32. The third-order valence-corrected chi connectivity index (χ3v) is 3.18. The number of nitrogens with one attached hydrogen (secondary N) is 2. The Balaban J connectivity index is 2.22. The Morgan fingerprint density at radius 3 is 2.40 bits per heavy atom. The van der Waals surface area contributed by atoms with Crippen LogP contribution in [0.2, 0.25) is 0 Å². The summed E-state index contributed by atoms with van der Waals surface area (Å²) in [5.74, 6) is 0.773. The normalized spacial score (nSPS) is 10.4. The molecule has 0 aliphatic rings. The van der Waals surface area contributed by atoms with Gasteiger partial charge < -0.3 is 20.3 Å². The van der Waals surface area contributed by atoms with Crippen molar-refractivity contribution in [1.29, 1.82) is 0 Å². The van der Waals surface area contributed by atoms with E-state index < -0.39 is 0 Å². The number of ether oxygens (including phenoxy) is 1. The van der Waals surface area contributed by atoms with E-state index in [2.05, 4.69) is 29.4 Å². The van der Waals surface area contributed by atoms with Gasteiger partial charge in [0, 0.05) is 12.2 Å². The molecule has 5 nitrogen and oxygen atoms in total. The van der Waals surface area contributed by atoms with Gasteiger partial charge in [-0.2, -0.15) is 0 Å². The fraction of sp³-hybridized carbons (Fsp3) is 0.533. The molecule has 0 unspecified atom stereocenters. The quantitative estimate of drug-likeness (QED) is 0.719. The highest BCUT2D eigenvalue weighted by Gasteiger charge is 2.02. The summed E-state index contributed by atoms with van der Waals surface area (Å²) in [6.07, 6.45) is 0.956. The molecule has 0 radical (unpaired) electrons. The number of nitrogens with zero attached hydrogens (tertiary/aromatic N) is 1. The molecule has 0 atom stereocenters. The van der Waals surface area contributed by atoms with Crippen LogP contribution in [-0.4, -0.2) is 44.2 Å². The average Bonchev–Trinajstić information content (AvgIpc) is 2.48. The molecule has 0 heterocycles. The molecule has 0 aromatic heterocycles. The van der Waals surface area contributed by atoms with Crippen LogP contribution in [0.4, 0.5) is 10.5 Å². The van der Waals surface area contributed by atoms with Crippen molar-refractivity contribution in [3.8, 4) is 5.75 Å². The molecular formula is C15H25N3O2. The van der Waals surface area contributed by atoms with Crippen molar-refractivity contribution in [3.05, 3.63) is 24.3 Å². The van der Waals surface area contributed by atoms with E-state index in [1.54, 1.807) is 7.11 Å². The third kappa shape index (κ3) is 5.93. The second-order valence-electron chi connectivity index (χ2n) is 4.49. The number of anilines is 1. The predicted molar refractivity (Wildman–Crippen MR) is 82.4 cm³/mol. The van der Waals surface area contributed by atoms with Gasteiger partial charge in [0.1, 0.15) is 5.75 Å². The Bertz CT molecular complexity index is 389. The first kappa shape index (κ1) is 16.3. The Hall–Kier alpha value is -1.75. The van der Waals surface area contributed by atoms with Crippen molar-refractivity contribution in [1.82, 2.24) is 10.2 Å². The van der Waals surface area contributed by atoms with Crippen LogP contribution in [0.25, 0.3) is 0 Å². The van der Waals surface area contributed by atoms with Crippen LogP contribution in [0.3, 0.4) is 0 Å². The number of methoxy groups -OCH3 is 1. The van der Waals surface area contributed by atoms with E-state index in [9.17, 15) is 4.79 Å². The van der Waals surface area contributed by atoms with Gasteiger partial charge in [0.05, 0.1) is 7.11 Å². The minimum Gasteiger partial charge on any atom is -0.497 e. The second kappa shape index (κ2) is 9.20. The summed E-state index contributed by atoms with van der Waals surface area (Å²) in [5.41, 5.74) is 0.757. The first-order valence-corrected chi connectivity index (χ1v) is 7.10. The highest BCUT2D eigenvalue weighted by Crippen LogP contribution is 2.14. The van der Waals surface area contributed by atoms with Gasteiger partial charge in [0.25, 0.3) is 0 Å². The Morgan fingerprint density at radius 1 is 1.20 bits per heavy atom. The van der Waals surface area contributed by atoms with Gasteiger partial charge in [-0.15, -0.1) is 0 Å². The van der Waals surface area contributed by atoms with Crippen molar-refractivity contribution >= 4 is 11.7 Å². The van der Waals surface area contributed by atoms with Crippen LogP contribution in [0.5, 0.6) is 5.75 Å². The number of hydrogen-bond acceptors (Lipinski definition) is 3. The molecule has 2 amide bonds. The first-order valence-electron chi connectivity index (χ1n) is 7.10. The summed E-state index contributed by atoms with van der Waals surface area (Å²) in [6, 6.07) is 7.09. The zero-order valence-corrected chi connectivity index (χ0v) is 12.6. The van der Waals surface area contributed by atoms with Gasteiger partial charge in [-0.25, -0.2) is 4.79 Å². The molecule has 0 aliphatic heterocycles. The lowest BCUT2D eigenvalue weighted by atomic mass is 10.3. The molecule has 112 valence electrons. The van der Waals surface area contributed by atoms with E-state index in [4.69, 9.17) is 4.74 Å². The molecule has 0 saturated heterocycles. The predicted octanol–water partition coefficient (Wildman–Crippen LogP) is 2.55. The van der Waals surface area contributed by atoms with Crippen molar-refractivity contribution in [2.75, 3.05) is 38.6 Å². The topological polar surface area (TPSA) is 53.6 Å². The zero-order valence-electron chi connectivity index (χ0n) is 12.6. The highest BCUT2D eigenvalue weighted by molar-refractivity contribution is 5.89. The van der Waals surface area contributed by atoms with Gasteiger partial charge >= 0.3 is 6.03 Å². The molecule has 0 saturated carbocycles. The number of hydrogen-bond donors (Lipinski definition) is 2. The van der Waals surface area contributed by atoms with Crippen molar-refractivity contribution in [2.45, 2.75) is 20.3 Å². The molecule has 0 bridgehead atoms. The number of carbonyl (C=O) groups is 1. The fourth-order valence-corrected chi connectivity index (χ4v) is 1.89. The monoisotopic (exact) mass is 279 g/mol. The van der Waals surface area contributed by atoms with Crippen LogP contribution >= 0.6 is 0 Å². The van der Waals surface area contributed by atoms with Gasteiger partial charge in [-0.3, -0.25) is 0 Å². The SMILES string of the molecule is CCN(CC)CCCNC(=O)Nc1ccc(OC)cc1. The summed E-state index contributed by atoms with van der Waals surface area (Å²) in [4.78, 5) is 14.0. The summed E-state index contributed by atoms with van der Waals surface area (Å²) in [5, 5.41) is 5.65. The van der Waals surface area contributed by atoms with Gasteiger partial charge in [0.15, 0.2) is 0 Å². The minimum absolute atomic E-state index is 0.172. The molecule has 0 spiro atoms. The second-order valence-corrected chi connectivity index (χ2v) is 4.49. The van der Waals surface area contributed by atoms with Crippen molar-refractivity contribution < 1.29 is 9.53 Å². The van der Waals surface area contributed by atoms with Crippen molar-refractivity contribution in [3.63, 3.8) is 0 Å². The summed E-state index contributed by atoms with van der Waals surface area (Å²) < 4.78 is 5.06. The fourth-order valence-electron chi connectivity index (χ4n) is 1.89. The summed E-state index contributed by atoms with van der Waals surface area (Å²) in [6.45, 7) is 8.08. The molecule has 0 aliphatic carbocycles. The van der Waals surface area contributed by atoms with Crippen molar-refractivity contribution in [2.24, 2.45) is 0 Å². The van der Waals surface area contributed by atoms with E-state index in [1.807, 2.05) is 24.3 Å². The minimum atomic E-state index is -0.172. The number of carbonyl (C=O) groups excluding carboxylic acids is 1. The van der Waals surface area contributed by atoms with Crippen LogP contribution in [0.1, 0.15) is 20.3 Å². The van der Waals surface area contributed by atoms with E-state index >= 15 is 0 Å². The smallest absolute Gasteiger partial charge is 0.319 e. The molecular weight excluding hydrogens is 254 g/mol. The lowest BCUT2D eigenvalue weighted by molar-refractivity contribution is 0.250. The summed E-state index contributed by atoms with van der Waals surface area (Å²) >= 11 is 0. The van der Waals surface area contributed by atoms with E-state index in [1.165, 1.54) is 0 Å². The largest absolute Gasteiger partial charge is 0.497 e. The maximum Gasteiger partial charge on any atom is 0.319 e.